The van der Waals surface area contributed by atoms with E-state index in [1.807, 2.05) is 30.3 Å². The van der Waals surface area contributed by atoms with Gasteiger partial charge in [0.2, 0.25) is 0 Å². The maximum absolute atomic E-state index is 12.7. The minimum Gasteiger partial charge on any atom is -0.465 e. The summed E-state index contributed by atoms with van der Waals surface area (Å²) in [5, 5.41) is 0. The fourth-order valence-electron chi connectivity index (χ4n) is 3.72. The molecule has 0 fully saturated rings. The highest BCUT2D eigenvalue weighted by Crippen LogP contribution is 2.36. The van der Waals surface area contributed by atoms with E-state index in [0.29, 0.717) is 18.5 Å². The highest BCUT2D eigenvalue weighted by molar-refractivity contribution is 6.06. The molecule has 0 unspecified atom stereocenters. The van der Waals surface area contributed by atoms with E-state index in [0.717, 1.165) is 16.7 Å². The molecule has 0 aromatic heterocycles. The van der Waals surface area contributed by atoms with Gasteiger partial charge in [-0.25, -0.2) is 14.4 Å². The first-order valence-corrected chi connectivity index (χ1v) is 10.0. The molecule has 0 bridgehead atoms. The normalized spacial score (nSPS) is 13.3. The number of amides is 1. The molecule has 2 aromatic carbocycles. The van der Waals surface area contributed by atoms with E-state index in [2.05, 4.69) is 0 Å². The van der Waals surface area contributed by atoms with Crippen molar-refractivity contribution >= 4 is 18.0 Å². The Morgan fingerprint density at radius 3 is 2.16 bits per heavy atom. The lowest BCUT2D eigenvalue weighted by atomic mass is 9.84. The van der Waals surface area contributed by atoms with Gasteiger partial charge in [0, 0.05) is 6.54 Å². The third-order valence-electron chi connectivity index (χ3n) is 5.06. The molecule has 0 saturated heterocycles. The van der Waals surface area contributed by atoms with E-state index in [4.69, 9.17) is 14.2 Å². The molecule has 1 aliphatic heterocycles. The third kappa shape index (κ3) is 4.71. The van der Waals surface area contributed by atoms with Crippen molar-refractivity contribution in [2.75, 3.05) is 20.8 Å². The first-order valence-electron chi connectivity index (χ1n) is 10.0. The van der Waals surface area contributed by atoms with Gasteiger partial charge in [-0.15, -0.1) is 0 Å². The third-order valence-corrected chi connectivity index (χ3v) is 5.06. The monoisotopic (exact) mass is 425 g/mol. The average Bonchev–Trinajstić information content (AvgIpc) is 2.75. The van der Waals surface area contributed by atoms with Gasteiger partial charge in [0.15, 0.2) is 0 Å². The number of methoxy groups -OCH3 is 2. The lowest BCUT2D eigenvalue weighted by Gasteiger charge is -2.33. The molecule has 1 amide bonds. The van der Waals surface area contributed by atoms with Gasteiger partial charge in [0.25, 0.3) is 0 Å². The maximum Gasteiger partial charge on any atom is 0.410 e. The van der Waals surface area contributed by atoms with Gasteiger partial charge in [0.05, 0.1) is 31.9 Å². The number of nitrogens with zero attached hydrogens (tertiary/aromatic N) is 1. The SMILES string of the molecule is COC(=O)c1cc(-c2ccccc2)c2c(c1C(=O)OC)CN(C(=O)OC(C)(C)C)CC2. The summed E-state index contributed by atoms with van der Waals surface area (Å²) < 4.78 is 15.4. The second-order valence-corrected chi connectivity index (χ2v) is 8.30. The largest absolute Gasteiger partial charge is 0.465 e. The Kier molecular flexibility index (Phi) is 6.34. The molecule has 0 saturated carbocycles. The number of hydrogen-bond donors (Lipinski definition) is 0. The number of rotatable bonds is 3. The Hall–Kier alpha value is -3.35. The Bertz CT molecular complexity index is 1010. The molecule has 2 aromatic rings. The number of ether oxygens (including phenoxy) is 3. The molecule has 0 radical (unpaired) electrons. The van der Waals surface area contributed by atoms with Crippen molar-refractivity contribution in [2.24, 2.45) is 0 Å². The minimum atomic E-state index is -0.651. The summed E-state index contributed by atoms with van der Waals surface area (Å²) in [6.45, 7) is 5.95. The quantitative estimate of drug-likeness (QED) is 0.541. The average molecular weight is 425 g/mol. The number of fused-ring (bicyclic) bond motifs is 1. The Morgan fingerprint density at radius 2 is 1.58 bits per heavy atom. The summed E-state index contributed by atoms with van der Waals surface area (Å²) >= 11 is 0. The molecule has 31 heavy (non-hydrogen) atoms. The number of esters is 2. The first-order chi connectivity index (χ1) is 14.7. The van der Waals surface area contributed by atoms with Crippen LogP contribution in [0.25, 0.3) is 11.1 Å². The topological polar surface area (TPSA) is 82.1 Å². The van der Waals surface area contributed by atoms with Gasteiger partial charge in [0.1, 0.15) is 5.60 Å². The number of hydrogen-bond acceptors (Lipinski definition) is 6. The standard InChI is InChI=1S/C24H27NO6/c1-24(2,3)31-23(28)25-12-11-16-17(15-9-7-6-8-10-15)13-18(21(26)29-4)20(19(16)14-25)22(27)30-5/h6-10,13H,11-12,14H2,1-5H3. The fourth-order valence-corrected chi connectivity index (χ4v) is 3.72. The van der Waals surface area contributed by atoms with E-state index < -0.39 is 23.6 Å². The molecular formula is C24H27NO6. The predicted molar refractivity (Wildman–Crippen MR) is 115 cm³/mol. The van der Waals surface area contributed by atoms with Gasteiger partial charge in [-0.3, -0.25) is 0 Å². The van der Waals surface area contributed by atoms with Crippen LogP contribution in [0.5, 0.6) is 0 Å². The van der Waals surface area contributed by atoms with Crippen molar-refractivity contribution < 1.29 is 28.6 Å². The zero-order valence-corrected chi connectivity index (χ0v) is 18.5. The molecule has 7 nitrogen and oxygen atoms in total. The van der Waals surface area contributed by atoms with Gasteiger partial charge in [-0.05, 0) is 55.5 Å². The zero-order valence-electron chi connectivity index (χ0n) is 18.5. The van der Waals surface area contributed by atoms with Crippen molar-refractivity contribution in [2.45, 2.75) is 39.3 Å². The second-order valence-electron chi connectivity index (χ2n) is 8.30. The smallest absolute Gasteiger partial charge is 0.410 e. The molecular weight excluding hydrogens is 398 g/mol. The van der Waals surface area contributed by atoms with Crippen molar-refractivity contribution in [3.05, 3.63) is 58.7 Å². The molecule has 0 N–H and O–H groups in total. The molecule has 7 heteroatoms. The van der Waals surface area contributed by atoms with Crippen LogP contribution in [0, 0.1) is 0 Å². The van der Waals surface area contributed by atoms with E-state index in [1.54, 1.807) is 26.8 Å². The van der Waals surface area contributed by atoms with Crippen LogP contribution in [0.1, 0.15) is 52.6 Å². The lowest BCUT2D eigenvalue weighted by Crippen LogP contribution is -2.41. The molecule has 1 heterocycles. The van der Waals surface area contributed by atoms with Gasteiger partial charge in [-0.2, -0.15) is 0 Å². The lowest BCUT2D eigenvalue weighted by molar-refractivity contribution is 0.0221. The molecule has 1 aliphatic rings. The fraction of sp³-hybridized carbons (Fsp3) is 0.375. The zero-order chi connectivity index (χ0) is 22.8. The molecule has 0 aliphatic carbocycles. The van der Waals surface area contributed by atoms with E-state index in [1.165, 1.54) is 19.1 Å². The number of carbonyl (C=O) groups is 3. The van der Waals surface area contributed by atoms with E-state index >= 15 is 0 Å². The summed E-state index contributed by atoms with van der Waals surface area (Å²) in [7, 11) is 2.52. The molecule has 0 spiro atoms. The summed E-state index contributed by atoms with van der Waals surface area (Å²) in [6.07, 6.45) is 0.0308. The minimum absolute atomic E-state index is 0.109. The van der Waals surface area contributed by atoms with Gasteiger partial charge >= 0.3 is 18.0 Å². The van der Waals surface area contributed by atoms with Crippen molar-refractivity contribution in [1.82, 2.24) is 4.90 Å². The highest BCUT2D eigenvalue weighted by atomic mass is 16.6. The predicted octanol–water partition coefficient (Wildman–Crippen LogP) is 4.22. The van der Waals surface area contributed by atoms with Crippen LogP contribution in [0.3, 0.4) is 0 Å². The maximum atomic E-state index is 12.7. The summed E-state index contributed by atoms with van der Waals surface area (Å²) in [5.74, 6) is -1.29. The molecule has 0 atom stereocenters. The van der Waals surface area contributed by atoms with Crippen molar-refractivity contribution in [3.8, 4) is 11.1 Å². The second kappa shape index (κ2) is 8.79. The Balaban J connectivity index is 2.20. The Morgan fingerprint density at radius 1 is 0.935 bits per heavy atom. The van der Waals surface area contributed by atoms with Crippen LogP contribution >= 0.6 is 0 Å². The van der Waals surface area contributed by atoms with Crippen LogP contribution in [0.15, 0.2) is 36.4 Å². The molecule has 3 rings (SSSR count). The highest BCUT2D eigenvalue weighted by Gasteiger charge is 2.33. The van der Waals surface area contributed by atoms with Crippen LogP contribution in [0.4, 0.5) is 4.79 Å². The van der Waals surface area contributed by atoms with Crippen LogP contribution in [-0.2, 0) is 27.2 Å². The Labute approximate surface area is 181 Å². The number of benzene rings is 2. The summed E-state index contributed by atoms with van der Waals surface area (Å²) in [6, 6.07) is 11.3. The summed E-state index contributed by atoms with van der Waals surface area (Å²) in [4.78, 5) is 39.5. The van der Waals surface area contributed by atoms with Crippen LogP contribution < -0.4 is 0 Å². The van der Waals surface area contributed by atoms with Gasteiger partial charge < -0.3 is 19.1 Å². The van der Waals surface area contributed by atoms with E-state index in [-0.39, 0.29) is 17.7 Å². The van der Waals surface area contributed by atoms with Crippen molar-refractivity contribution in [3.63, 3.8) is 0 Å². The number of carbonyl (C=O) groups excluding carboxylic acids is 3. The van der Waals surface area contributed by atoms with E-state index in [9.17, 15) is 14.4 Å². The van der Waals surface area contributed by atoms with Crippen molar-refractivity contribution in [1.29, 1.82) is 0 Å². The van der Waals surface area contributed by atoms with Gasteiger partial charge in [-0.1, -0.05) is 30.3 Å². The first kappa shape index (κ1) is 22.3. The molecule has 164 valence electrons. The van der Waals surface area contributed by atoms with Crippen LogP contribution in [0.2, 0.25) is 0 Å². The summed E-state index contributed by atoms with van der Waals surface area (Å²) in [5.41, 5.74) is 2.80. The van der Waals surface area contributed by atoms with Crippen LogP contribution in [-0.4, -0.2) is 49.3 Å².